The summed E-state index contributed by atoms with van der Waals surface area (Å²) >= 11 is 1.18. The monoisotopic (exact) mass is 344 g/mol. The van der Waals surface area contributed by atoms with E-state index in [2.05, 4.69) is 14.1 Å². The maximum absolute atomic E-state index is 12.5. The molecule has 0 fully saturated rings. The Labute approximate surface area is 131 Å². The van der Waals surface area contributed by atoms with Gasteiger partial charge in [-0.2, -0.15) is 4.37 Å². The molecule has 10 heteroatoms. The number of rotatable bonds is 7. The number of nitrogens with one attached hydrogen (secondary N) is 2. The van der Waals surface area contributed by atoms with Gasteiger partial charge in [-0.15, -0.1) is 0 Å². The van der Waals surface area contributed by atoms with Crippen LogP contribution in [-0.2, 0) is 14.8 Å². The van der Waals surface area contributed by atoms with Crippen molar-refractivity contribution in [2.75, 3.05) is 0 Å². The van der Waals surface area contributed by atoms with Gasteiger partial charge in [-0.05, 0) is 24.0 Å². The van der Waals surface area contributed by atoms with Crippen LogP contribution >= 0.6 is 11.5 Å². The number of pyridine rings is 1. The molecule has 8 nitrogen and oxygen atoms in total. The van der Waals surface area contributed by atoms with Crippen molar-refractivity contribution in [1.29, 1.82) is 0 Å². The SMILES string of the molecule is CCCC(CC(=O)NO)NS(=O)(=O)c1nccc2sncc12. The fourth-order valence-corrected chi connectivity index (χ4v) is 4.19. The summed E-state index contributed by atoms with van der Waals surface area (Å²) in [6.07, 6.45) is 3.86. The van der Waals surface area contributed by atoms with Crippen molar-refractivity contribution in [3.63, 3.8) is 0 Å². The maximum Gasteiger partial charge on any atom is 0.259 e. The molecule has 2 aromatic heterocycles. The summed E-state index contributed by atoms with van der Waals surface area (Å²) in [5, 5.41) is 8.92. The van der Waals surface area contributed by atoms with E-state index in [0.717, 1.165) is 4.70 Å². The Balaban J connectivity index is 2.28. The van der Waals surface area contributed by atoms with E-state index in [1.165, 1.54) is 29.4 Å². The normalized spacial score (nSPS) is 13.2. The van der Waals surface area contributed by atoms with Crippen LogP contribution in [0.15, 0.2) is 23.5 Å². The molecule has 0 aliphatic rings. The predicted octanol–water partition coefficient (Wildman–Crippen LogP) is 1.03. The zero-order chi connectivity index (χ0) is 16.2. The molecule has 0 aliphatic carbocycles. The Bertz CT molecular complexity index is 759. The zero-order valence-electron chi connectivity index (χ0n) is 11.8. The van der Waals surface area contributed by atoms with Crippen LogP contribution in [0.4, 0.5) is 0 Å². The lowest BCUT2D eigenvalue weighted by Gasteiger charge is -2.17. The van der Waals surface area contributed by atoms with E-state index in [9.17, 15) is 13.2 Å². The molecule has 22 heavy (non-hydrogen) atoms. The van der Waals surface area contributed by atoms with Crippen LogP contribution in [0.2, 0.25) is 0 Å². The molecule has 1 amide bonds. The highest BCUT2D eigenvalue weighted by Gasteiger charge is 2.25. The topological polar surface area (TPSA) is 121 Å². The molecule has 120 valence electrons. The summed E-state index contributed by atoms with van der Waals surface area (Å²) in [5.74, 6) is -0.649. The Morgan fingerprint density at radius 3 is 2.95 bits per heavy atom. The van der Waals surface area contributed by atoms with Crippen molar-refractivity contribution >= 4 is 37.5 Å². The lowest BCUT2D eigenvalue weighted by molar-refractivity contribution is -0.129. The van der Waals surface area contributed by atoms with Gasteiger partial charge in [0.05, 0.1) is 16.3 Å². The minimum atomic E-state index is -3.89. The summed E-state index contributed by atoms with van der Waals surface area (Å²) < 4.78 is 32.2. The highest BCUT2D eigenvalue weighted by atomic mass is 32.2. The molecule has 0 spiro atoms. The van der Waals surface area contributed by atoms with Crippen LogP contribution in [-0.4, -0.2) is 34.9 Å². The van der Waals surface area contributed by atoms with E-state index >= 15 is 0 Å². The van der Waals surface area contributed by atoms with Crippen LogP contribution in [0.25, 0.3) is 10.1 Å². The molecule has 0 saturated carbocycles. The number of carbonyl (C=O) groups excluding carboxylic acids is 1. The Morgan fingerprint density at radius 1 is 1.50 bits per heavy atom. The van der Waals surface area contributed by atoms with Crippen molar-refractivity contribution in [2.45, 2.75) is 37.3 Å². The first-order valence-electron chi connectivity index (χ1n) is 6.62. The molecular formula is C12H16N4O4S2. The van der Waals surface area contributed by atoms with Gasteiger partial charge in [-0.3, -0.25) is 10.0 Å². The quantitative estimate of drug-likeness (QED) is 0.509. The first-order valence-corrected chi connectivity index (χ1v) is 8.88. The Morgan fingerprint density at radius 2 is 2.27 bits per heavy atom. The van der Waals surface area contributed by atoms with Crippen LogP contribution in [0.3, 0.4) is 0 Å². The lowest BCUT2D eigenvalue weighted by Crippen LogP contribution is -2.38. The number of amides is 1. The van der Waals surface area contributed by atoms with Gasteiger partial charge in [0.2, 0.25) is 5.91 Å². The number of hydroxylamine groups is 1. The van der Waals surface area contributed by atoms with Gasteiger partial charge in [0.25, 0.3) is 10.0 Å². The predicted molar refractivity (Wildman–Crippen MR) is 81.0 cm³/mol. The minimum absolute atomic E-state index is 0.107. The minimum Gasteiger partial charge on any atom is -0.289 e. The highest BCUT2D eigenvalue weighted by molar-refractivity contribution is 7.89. The third kappa shape index (κ3) is 3.77. The molecule has 0 bridgehead atoms. The van der Waals surface area contributed by atoms with E-state index in [1.807, 2.05) is 6.92 Å². The standard InChI is InChI=1S/C12H16N4O4S2/c1-2-3-8(6-11(17)15-18)16-22(19,20)12-9-7-14-21-10(9)4-5-13-12/h4-5,7-8,16,18H,2-3,6H2,1H3,(H,15,17). The molecule has 0 aromatic carbocycles. The Hall–Kier alpha value is -1.62. The summed E-state index contributed by atoms with van der Waals surface area (Å²) in [6.45, 7) is 1.87. The van der Waals surface area contributed by atoms with Crippen molar-refractivity contribution in [3.05, 3.63) is 18.5 Å². The number of aromatic nitrogens is 2. The van der Waals surface area contributed by atoms with Crippen LogP contribution in [0.5, 0.6) is 0 Å². The van der Waals surface area contributed by atoms with Gasteiger partial charge in [-0.25, -0.2) is 23.6 Å². The zero-order valence-corrected chi connectivity index (χ0v) is 13.4. The number of hydrogen-bond acceptors (Lipinski definition) is 7. The highest BCUT2D eigenvalue weighted by Crippen LogP contribution is 2.23. The van der Waals surface area contributed by atoms with E-state index in [-0.39, 0.29) is 11.4 Å². The third-order valence-corrected chi connectivity index (χ3v) is 5.26. The molecule has 2 heterocycles. The molecule has 0 radical (unpaired) electrons. The molecule has 2 rings (SSSR count). The molecule has 2 aromatic rings. The molecule has 0 aliphatic heterocycles. The van der Waals surface area contributed by atoms with Crippen LogP contribution in [0.1, 0.15) is 26.2 Å². The van der Waals surface area contributed by atoms with Crippen molar-refractivity contribution in [3.8, 4) is 0 Å². The molecule has 1 atom stereocenters. The van der Waals surface area contributed by atoms with E-state index in [0.29, 0.717) is 18.2 Å². The van der Waals surface area contributed by atoms with Gasteiger partial charge >= 0.3 is 0 Å². The second kappa shape index (κ2) is 7.09. The molecule has 3 N–H and O–H groups in total. The van der Waals surface area contributed by atoms with Gasteiger partial charge in [0.15, 0.2) is 5.03 Å². The fourth-order valence-electron chi connectivity index (χ4n) is 2.08. The van der Waals surface area contributed by atoms with Gasteiger partial charge in [0, 0.05) is 18.7 Å². The molecule has 0 saturated heterocycles. The van der Waals surface area contributed by atoms with Crippen LogP contribution in [0, 0.1) is 0 Å². The second-order valence-electron chi connectivity index (χ2n) is 4.70. The number of hydrogen-bond donors (Lipinski definition) is 3. The van der Waals surface area contributed by atoms with E-state index in [4.69, 9.17) is 5.21 Å². The van der Waals surface area contributed by atoms with Crippen molar-refractivity contribution in [1.82, 2.24) is 19.6 Å². The summed E-state index contributed by atoms with van der Waals surface area (Å²) in [7, 11) is -3.89. The number of nitrogens with zero attached hydrogens (tertiary/aromatic N) is 2. The van der Waals surface area contributed by atoms with Gasteiger partial charge < -0.3 is 0 Å². The van der Waals surface area contributed by atoms with E-state index < -0.39 is 22.0 Å². The van der Waals surface area contributed by atoms with Crippen molar-refractivity contribution < 1.29 is 18.4 Å². The lowest BCUT2D eigenvalue weighted by atomic mass is 10.1. The number of carbonyl (C=O) groups is 1. The molecular weight excluding hydrogens is 328 g/mol. The smallest absolute Gasteiger partial charge is 0.259 e. The van der Waals surface area contributed by atoms with Crippen molar-refractivity contribution in [2.24, 2.45) is 0 Å². The molecule has 1 unspecified atom stereocenters. The fraction of sp³-hybridized carbons (Fsp3) is 0.417. The first-order chi connectivity index (χ1) is 10.5. The summed E-state index contributed by atoms with van der Waals surface area (Å²) in [6, 6.07) is 1.07. The summed E-state index contributed by atoms with van der Waals surface area (Å²) in [5.41, 5.74) is 1.51. The number of fused-ring (bicyclic) bond motifs is 1. The average molecular weight is 344 g/mol. The largest absolute Gasteiger partial charge is 0.289 e. The number of sulfonamides is 1. The van der Waals surface area contributed by atoms with Gasteiger partial charge in [0.1, 0.15) is 0 Å². The second-order valence-corrected chi connectivity index (χ2v) is 7.16. The first kappa shape index (κ1) is 16.7. The summed E-state index contributed by atoms with van der Waals surface area (Å²) in [4.78, 5) is 15.2. The van der Waals surface area contributed by atoms with Crippen LogP contribution < -0.4 is 10.2 Å². The Kier molecular flexibility index (Phi) is 5.40. The van der Waals surface area contributed by atoms with Gasteiger partial charge in [-0.1, -0.05) is 13.3 Å². The third-order valence-electron chi connectivity index (χ3n) is 3.02. The average Bonchev–Trinajstić information content (AvgIpc) is 2.94. The maximum atomic E-state index is 12.5. The van der Waals surface area contributed by atoms with E-state index in [1.54, 1.807) is 6.07 Å².